The van der Waals surface area contributed by atoms with E-state index in [0.717, 1.165) is 16.0 Å². The third kappa shape index (κ3) is 2.10. The fraction of sp³-hybridized carbons (Fsp3) is 0.263. The Morgan fingerprint density at radius 3 is 2.81 bits per heavy atom. The average Bonchev–Trinajstić information content (AvgIpc) is 3.07. The van der Waals surface area contributed by atoms with Crippen LogP contribution in [0.1, 0.15) is 39.0 Å². The predicted molar refractivity (Wildman–Crippen MR) is 89.1 cm³/mol. The number of aliphatic hydroxyl groups excluding tert-OH is 1. The lowest BCUT2D eigenvalue weighted by molar-refractivity contribution is 0.225. The van der Waals surface area contributed by atoms with E-state index in [9.17, 15) is 5.11 Å². The van der Waals surface area contributed by atoms with E-state index in [0.29, 0.717) is 0 Å². The number of hydrogen-bond donors (Lipinski definition) is 1. The van der Waals surface area contributed by atoms with Gasteiger partial charge in [-0.05, 0) is 59.7 Å². The zero-order valence-corrected chi connectivity index (χ0v) is 12.9. The van der Waals surface area contributed by atoms with E-state index in [1.807, 2.05) is 12.1 Å². The average molecular weight is 294 g/mol. The largest absolute Gasteiger partial charge is 0.383 e. The van der Waals surface area contributed by atoms with Crippen LogP contribution in [0.25, 0.3) is 10.8 Å². The number of aryl methyl sites for hydroxylation is 3. The van der Waals surface area contributed by atoms with Crippen LogP contribution < -0.4 is 0 Å². The molecule has 1 heterocycles. The molecule has 2 aromatic carbocycles. The molecule has 1 N–H and O–H groups in total. The third-order valence-corrected chi connectivity index (χ3v) is 5.79. The quantitative estimate of drug-likeness (QED) is 0.721. The molecule has 0 bridgehead atoms. The summed E-state index contributed by atoms with van der Waals surface area (Å²) in [5.41, 5.74) is 3.68. The smallest absolute Gasteiger partial charge is 0.114 e. The van der Waals surface area contributed by atoms with Gasteiger partial charge in [-0.15, -0.1) is 11.3 Å². The number of rotatable bonds is 2. The highest BCUT2D eigenvalue weighted by Crippen LogP contribution is 2.38. The van der Waals surface area contributed by atoms with Gasteiger partial charge in [-0.25, -0.2) is 0 Å². The zero-order chi connectivity index (χ0) is 14.4. The minimum atomic E-state index is -0.508. The first kappa shape index (κ1) is 13.1. The number of thiophene rings is 1. The lowest BCUT2D eigenvalue weighted by atomic mass is 9.95. The van der Waals surface area contributed by atoms with E-state index in [2.05, 4.69) is 37.3 Å². The molecular weight excluding hydrogens is 276 g/mol. The maximum Gasteiger partial charge on any atom is 0.114 e. The van der Waals surface area contributed by atoms with Crippen LogP contribution in [0.2, 0.25) is 0 Å². The lowest BCUT2D eigenvalue weighted by Crippen LogP contribution is -2.01. The third-order valence-electron chi connectivity index (χ3n) is 4.50. The van der Waals surface area contributed by atoms with Crippen LogP contribution in [0.3, 0.4) is 0 Å². The van der Waals surface area contributed by atoms with E-state index >= 15 is 0 Å². The Balaban J connectivity index is 1.86. The van der Waals surface area contributed by atoms with Crippen molar-refractivity contribution in [3.8, 4) is 0 Å². The number of hydrogen-bond acceptors (Lipinski definition) is 2. The summed E-state index contributed by atoms with van der Waals surface area (Å²) in [7, 11) is 0. The van der Waals surface area contributed by atoms with Crippen molar-refractivity contribution in [2.45, 2.75) is 32.3 Å². The van der Waals surface area contributed by atoms with E-state index in [-0.39, 0.29) is 0 Å². The summed E-state index contributed by atoms with van der Waals surface area (Å²) >= 11 is 1.79. The molecule has 0 fully saturated rings. The van der Waals surface area contributed by atoms with Gasteiger partial charge >= 0.3 is 0 Å². The highest BCUT2D eigenvalue weighted by Gasteiger charge is 2.22. The van der Waals surface area contributed by atoms with Crippen molar-refractivity contribution < 1.29 is 5.11 Å². The number of aliphatic hydroxyl groups is 1. The maximum absolute atomic E-state index is 10.9. The van der Waals surface area contributed by atoms with Gasteiger partial charge in [0.25, 0.3) is 0 Å². The highest BCUT2D eigenvalue weighted by molar-refractivity contribution is 7.12. The lowest BCUT2D eigenvalue weighted by Gasteiger charge is -2.15. The molecular formula is C19H18OS. The summed E-state index contributed by atoms with van der Waals surface area (Å²) < 4.78 is 0. The standard InChI is InChI=1S/C19H18OS/c1-12-9-10-13-5-2-3-7-15(13)18(12)19(20)17-11-14-6-4-8-16(14)21-17/h2-3,5,7,9-11,19-20H,4,6,8H2,1H3. The Morgan fingerprint density at radius 1 is 1.10 bits per heavy atom. The van der Waals surface area contributed by atoms with E-state index in [1.54, 1.807) is 11.3 Å². The first-order valence-corrected chi connectivity index (χ1v) is 8.33. The summed E-state index contributed by atoms with van der Waals surface area (Å²) in [5, 5.41) is 13.3. The van der Waals surface area contributed by atoms with Gasteiger partial charge in [0.2, 0.25) is 0 Å². The van der Waals surface area contributed by atoms with Crippen LogP contribution >= 0.6 is 11.3 Å². The molecule has 0 spiro atoms. The molecule has 2 heteroatoms. The van der Waals surface area contributed by atoms with Crippen LogP contribution in [0, 0.1) is 6.92 Å². The van der Waals surface area contributed by atoms with Gasteiger partial charge < -0.3 is 5.11 Å². The second-order valence-electron chi connectivity index (χ2n) is 5.87. The van der Waals surface area contributed by atoms with Crippen LogP contribution in [-0.4, -0.2) is 5.11 Å². The zero-order valence-electron chi connectivity index (χ0n) is 12.1. The van der Waals surface area contributed by atoms with Crippen LogP contribution in [0.4, 0.5) is 0 Å². The van der Waals surface area contributed by atoms with Gasteiger partial charge in [-0.2, -0.15) is 0 Å². The fourth-order valence-corrected chi connectivity index (χ4v) is 4.65. The summed E-state index contributed by atoms with van der Waals surface area (Å²) in [6.45, 7) is 2.09. The first-order valence-electron chi connectivity index (χ1n) is 7.52. The van der Waals surface area contributed by atoms with Crippen molar-refractivity contribution in [1.82, 2.24) is 0 Å². The molecule has 1 aliphatic rings. The monoisotopic (exact) mass is 294 g/mol. The molecule has 0 saturated carbocycles. The summed E-state index contributed by atoms with van der Waals surface area (Å²) in [5.74, 6) is 0. The summed E-state index contributed by atoms with van der Waals surface area (Å²) in [4.78, 5) is 2.57. The molecule has 1 atom stereocenters. The highest BCUT2D eigenvalue weighted by atomic mass is 32.1. The van der Waals surface area contributed by atoms with Gasteiger partial charge in [-0.3, -0.25) is 0 Å². The predicted octanol–water partition coefficient (Wildman–Crippen LogP) is 4.78. The Labute approximate surface area is 128 Å². The van der Waals surface area contributed by atoms with Gasteiger partial charge in [0.15, 0.2) is 0 Å². The topological polar surface area (TPSA) is 20.2 Å². The molecule has 1 nitrogen and oxygen atoms in total. The molecule has 0 radical (unpaired) electrons. The van der Waals surface area contributed by atoms with Gasteiger partial charge in [-0.1, -0.05) is 36.4 Å². The van der Waals surface area contributed by atoms with Crippen LogP contribution in [0.15, 0.2) is 42.5 Å². The molecule has 106 valence electrons. The Kier molecular flexibility index (Phi) is 3.09. The van der Waals surface area contributed by atoms with Gasteiger partial charge in [0.05, 0.1) is 0 Å². The second-order valence-corrected chi connectivity index (χ2v) is 7.04. The molecule has 0 saturated heterocycles. The number of fused-ring (bicyclic) bond motifs is 2. The molecule has 3 aromatic rings. The Hall–Kier alpha value is -1.64. The second kappa shape index (κ2) is 4.97. The molecule has 0 aliphatic heterocycles. The normalized spacial score (nSPS) is 15.3. The van der Waals surface area contributed by atoms with E-state index in [1.165, 1.54) is 40.5 Å². The Bertz CT molecular complexity index is 794. The molecule has 21 heavy (non-hydrogen) atoms. The van der Waals surface area contributed by atoms with Gasteiger partial charge in [0.1, 0.15) is 6.10 Å². The summed E-state index contributed by atoms with van der Waals surface area (Å²) in [6, 6.07) is 14.8. The molecule has 4 rings (SSSR count). The molecule has 1 unspecified atom stereocenters. The molecule has 1 aromatic heterocycles. The van der Waals surface area contributed by atoms with Crippen molar-refractivity contribution >= 4 is 22.1 Å². The number of benzene rings is 2. The molecule has 1 aliphatic carbocycles. The first-order chi connectivity index (χ1) is 10.2. The van der Waals surface area contributed by atoms with Crippen molar-refractivity contribution in [1.29, 1.82) is 0 Å². The van der Waals surface area contributed by atoms with Crippen LogP contribution in [-0.2, 0) is 12.8 Å². The SMILES string of the molecule is Cc1ccc2ccccc2c1C(O)c1cc2c(s1)CCC2. The van der Waals surface area contributed by atoms with Crippen molar-refractivity contribution in [2.75, 3.05) is 0 Å². The maximum atomic E-state index is 10.9. The van der Waals surface area contributed by atoms with Crippen molar-refractivity contribution in [2.24, 2.45) is 0 Å². The van der Waals surface area contributed by atoms with Gasteiger partial charge in [0, 0.05) is 9.75 Å². The van der Waals surface area contributed by atoms with E-state index in [4.69, 9.17) is 0 Å². The van der Waals surface area contributed by atoms with Crippen molar-refractivity contribution in [3.63, 3.8) is 0 Å². The van der Waals surface area contributed by atoms with Crippen molar-refractivity contribution in [3.05, 3.63) is 68.9 Å². The Morgan fingerprint density at radius 2 is 1.95 bits per heavy atom. The fourth-order valence-electron chi connectivity index (χ4n) is 3.40. The minimum Gasteiger partial charge on any atom is -0.383 e. The van der Waals surface area contributed by atoms with E-state index < -0.39 is 6.10 Å². The minimum absolute atomic E-state index is 0.508. The summed E-state index contributed by atoms with van der Waals surface area (Å²) in [6.07, 6.45) is 3.12. The van der Waals surface area contributed by atoms with Crippen LogP contribution in [0.5, 0.6) is 0 Å². The molecule has 0 amide bonds.